The summed E-state index contributed by atoms with van der Waals surface area (Å²) in [6, 6.07) is 9.46. The summed E-state index contributed by atoms with van der Waals surface area (Å²) in [5, 5.41) is 1.95. The van der Waals surface area contributed by atoms with Gasteiger partial charge in [-0.05, 0) is 54.5 Å². The number of hydrogen-bond acceptors (Lipinski definition) is 5. The second kappa shape index (κ2) is 6.43. The highest BCUT2D eigenvalue weighted by Gasteiger charge is 2.36. The first-order chi connectivity index (χ1) is 11.0. The van der Waals surface area contributed by atoms with Crippen molar-refractivity contribution in [3.05, 3.63) is 52.2 Å². The molecule has 0 aliphatic heterocycles. The predicted octanol–water partition coefficient (Wildman–Crippen LogP) is 2.96. The Morgan fingerprint density at radius 3 is 2.48 bits per heavy atom. The Hall–Kier alpha value is -1.70. The molecule has 1 aromatic heterocycles. The van der Waals surface area contributed by atoms with Gasteiger partial charge in [-0.25, -0.2) is 17.9 Å². The van der Waals surface area contributed by atoms with Crippen LogP contribution in [-0.2, 0) is 14.8 Å². The fourth-order valence-electron chi connectivity index (χ4n) is 2.41. The van der Waals surface area contributed by atoms with Crippen LogP contribution in [0.1, 0.15) is 34.1 Å². The van der Waals surface area contributed by atoms with Gasteiger partial charge in [0.2, 0.25) is 10.0 Å². The minimum atomic E-state index is -3.64. The fourth-order valence-corrected chi connectivity index (χ4v) is 4.64. The van der Waals surface area contributed by atoms with E-state index in [1.807, 2.05) is 17.5 Å². The van der Waals surface area contributed by atoms with Crippen molar-refractivity contribution in [2.45, 2.75) is 23.8 Å². The summed E-state index contributed by atoms with van der Waals surface area (Å²) in [6.07, 6.45) is 2.07. The highest BCUT2D eigenvalue weighted by Crippen LogP contribution is 2.43. The molecule has 5 nitrogen and oxygen atoms in total. The molecule has 1 aliphatic rings. The lowest BCUT2D eigenvalue weighted by Gasteiger charge is -2.17. The van der Waals surface area contributed by atoms with Gasteiger partial charge in [-0.1, -0.05) is 6.07 Å². The van der Waals surface area contributed by atoms with Crippen molar-refractivity contribution in [3.63, 3.8) is 0 Å². The molecule has 0 saturated heterocycles. The summed E-state index contributed by atoms with van der Waals surface area (Å²) in [5.41, 5.74) is 0.323. The average Bonchev–Trinajstić information content (AvgIpc) is 3.26. The molecule has 1 saturated carbocycles. The van der Waals surface area contributed by atoms with Crippen LogP contribution in [0.25, 0.3) is 0 Å². The predicted molar refractivity (Wildman–Crippen MR) is 87.9 cm³/mol. The first kappa shape index (κ1) is 16.2. The molecular formula is C16H17NO4S2. The molecule has 2 aromatic rings. The Kier molecular flexibility index (Phi) is 4.52. The minimum absolute atomic E-state index is 0.146. The number of hydrogen-bond donors (Lipinski definition) is 1. The number of carbonyl (C=O) groups is 1. The number of methoxy groups -OCH3 is 1. The van der Waals surface area contributed by atoms with E-state index in [1.165, 1.54) is 31.4 Å². The number of thiophene rings is 1. The number of ether oxygens (including phenoxy) is 1. The third-order valence-corrected chi connectivity index (χ3v) is 6.22. The van der Waals surface area contributed by atoms with E-state index in [9.17, 15) is 13.2 Å². The van der Waals surface area contributed by atoms with Crippen molar-refractivity contribution in [3.8, 4) is 0 Å². The molecule has 1 atom stereocenters. The fraction of sp³-hybridized carbons (Fsp3) is 0.312. The molecule has 7 heteroatoms. The molecule has 0 bridgehead atoms. The van der Waals surface area contributed by atoms with Crippen molar-refractivity contribution in [2.75, 3.05) is 7.11 Å². The second-order valence-corrected chi connectivity index (χ2v) is 8.16. The van der Waals surface area contributed by atoms with Crippen molar-refractivity contribution >= 4 is 27.3 Å². The van der Waals surface area contributed by atoms with Crippen LogP contribution >= 0.6 is 11.3 Å². The maximum absolute atomic E-state index is 12.6. The van der Waals surface area contributed by atoms with E-state index in [2.05, 4.69) is 9.46 Å². The van der Waals surface area contributed by atoms with E-state index in [4.69, 9.17) is 0 Å². The number of benzene rings is 1. The molecule has 0 unspecified atom stereocenters. The monoisotopic (exact) mass is 351 g/mol. The zero-order valence-corrected chi connectivity index (χ0v) is 14.2. The van der Waals surface area contributed by atoms with Gasteiger partial charge in [0.05, 0.1) is 23.6 Å². The van der Waals surface area contributed by atoms with Gasteiger partial charge in [-0.2, -0.15) is 0 Å². The Morgan fingerprint density at radius 2 is 1.96 bits per heavy atom. The zero-order chi connectivity index (χ0) is 16.4. The molecule has 122 valence electrons. The first-order valence-electron chi connectivity index (χ1n) is 7.25. The first-order valence-corrected chi connectivity index (χ1v) is 9.61. The maximum Gasteiger partial charge on any atom is 0.337 e. The third kappa shape index (κ3) is 3.63. The standard InChI is InChI=1S/C16H17NO4S2/c1-21-16(18)12-6-8-13(9-7-12)23(19,20)17-15(11-4-5-11)14-3-2-10-22-14/h2-3,6-11,15,17H,4-5H2,1H3/t15-/m0/s1. The highest BCUT2D eigenvalue weighted by atomic mass is 32.2. The van der Waals surface area contributed by atoms with Gasteiger partial charge >= 0.3 is 5.97 Å². The minimum Gasteiger partial charge on any atom is -0.465 e. The number of carbonyl (C=O) groups excluding carboxylic acids is 1. The lowest BCUT2D eigenvalue weighted by molar-refractivity contribution is 0.0600. The smallest absolute Gasteiger partial charge is 0.337 e. The normalized spacial score (nSPS) is 16.0. The third-order valence-electron chi connectivity index (χ3n) is 3.81. The Labute approximate surface area is 139 Å². The average molecular weight is 351 g/mol. The van der Waals surface area contributed by atoms with E-state index in [-0.39, 0.29) is 10.9 Å². The van der Waals surface area contributed by atoms with Gasteiger partial charge in [-0.15, -0.1) is 11.3 Å². The number of nitrogens with one attached hydrogen (secondary N) is 1. The number of esters is 1. The van der Waals surface area contributed by atoms with E-state index >= 15 is 0 Å². The van der Waals surface area contributed by atoms with Gasteiger partial charge in [0.15, 0.2) is 0 Å². The molecule has 23 heavy (non-hydrogen) atoms. The van der Waals surface area contributed by atoms with Crippen LogP contribution in [0.5, 0.6) is 0 Å². The lowest BCUT2D eigenvalue weighted by atomic mass is 10.2. The van der Waals surface area contributed by atoms with Crippen LogP contribution < -0.4 is 4.72 Å². The lowest BCUT2D eigenvalue weighted by Crippen LogP contribution is -2.29. The van der Waals surface area contributed by atoms with Crippen molar-refractivity contribution in [1.29, 1.82) is 0 Å². The van der Waals surface area contributed by atoms with E-state index < -0.39 is 16.0 Å². The maximum atomic E-state index is 12.6. The van der Waals surface area contributed by atoms with E-state index in [1.54, 1.807) is 11.3 Å². The van der Waals surface area contributed by atoms with Crippen LogP contribution in [-0.4, -0.2) is 21.5 Å². The van der Waals surface area contributed by atoms with Gasteiger partial charge in [-0.3, -0.25) is 0 Å². The van der Waals surface area contributed by atoms with Crippen LogP contribution in [0, 0.1) is 5.92 Å². The van der Waals surface area contributed by atoms with E-state index in [0.29, 0.717) is 11.5 Å². The largest absolute Gasteiger partial charge is 0.465 e. The quantitative estimate of drug-likeness (QED) is 0.812. The van der Waals surface area contributed by atoms with Crippen LogP contribution in [0.2, 0.25) is 0 Å². The Morgan fingerprint density at radius 1 is 1.26 bits per heavy atom. The Bertz CT molecular complexity index is 778. The van der Waals surface area contributed by atoms with Gasteiger partial charge < -0.3 is 4.74 Å². The summed E-state index contributed by atoms with van der Waals surface area (Å²) in [4.78, 5) is 12.6. The van der Waals surface area contributed by atoms with Crippen molar-refractivity contribution in [1.82, 2.24) is 4.72 Å². The summed E-state index contributed by atoms with van der Waals surface area (Å²) < 4.78 is 32.6. The molecule has 0 amide bonds. The van der Waals surface area contributed by atoms with Gasteiger partial charge in [0, 0.05) is 4.88 Å². The summed E-state index contributed by atoms with van der Waals surface area (Å²) in [5.74, 6) is -0.130. The molecule has 0 spiro atoms. The molecule has 0 radical (unpaired) electrons. The van der Waals surface area contributed by atoms with Crippen LogP contribution in [0.15, 0.2) is 46.7 Å². The summed E-state index contributed by atoms with van der Waals surface area (Å²) in [7, 11) is -2.35. The highest BCUT2D eigenvalue weighted by molar-refractivity contribution is 7.89. The van der Waals surface area contributed by atoms with Gasteiger partial charge in [0.25, 0.3) is 0 Å². The molecule has 1 fully saturated rings. The topological polar surface area (TPSA) is 72.5 Å². The molecule has 1 aromatic carbocycles. The molecule has 1 heterocycles. The summed E-state index contributed by atoms with van der Waals surface area (Å²) >= 11 is 1.56. The SMILES string of the molecule is COC(=O)c1ccc(S(=O)(=O)N[C@H](c2cccs2)C2CC2)cc1. The number of sulfonamides is 1. The second-order valence-electron chi connectivity index (χ2n) is 5.47. The van der Waals surface area contributed by atoms with Gasteiger partial charge in [0.1, 0.15) is 0 Å². The molecule has 1 aliphatic carbocycles. The molecule has 3 rings (SSSR count). The van der Waals surface area contributed by atoms with Crippen molar-refractivity contribution < 1.29 is 17.9 Å². The zero-order valence-electron chi connectivity index (χ0n) is 12.6. The van der Waals surface area contributed by atoms with E-state index in [0.717, 1.165) is 17.7 Å². The van der Waals surface area contributed by atoms with Crippen molar-refractivity contribution in [2.24, 2.45) is 5.92 Å². The molecular weight excluding hydrogens is 334 g/mol. The van der Waals surface area contributed by atoms with Crippen LogP contribution in [0.4, 0.5) is 0 Å². The Balaban J connectivity index is 1.82. The molecule has 1 N–H and O–H groups in total. The van der Waals surface area contributed by atoms with Crippen LogP contribution in [0.3, 0.4) is 0 Å². The summed E-state index contributed by atoms with van der Waals surface area (Å²) in [6.45, 7) is 0. The number of rotatable bonds is 6.